The molecule has 0 aromatic rings. The van der Waals surface area contributed by atoms with Crippen LogP contribution in [0.3, 0.4) is 0 Å². The molecule has 2 saturated carbocycles. The molecule has 0 spiro atoms. The summed E-state index contributed by atoms with van der Waals surface area (Å²) in [6, 6.07) is 0. The van der Waals surface area contributed by atoms with Crippen LogP contribution >= 0.6 is 0 Å². The standard InChI is InChI=1S/C14H26O7/c15-4-6-1-2-9(17)13(20)10(6)8-3-7(5-16)11(18)14(21)12(8)19/h6-21H,1-5H2/t6-,7-,8?,9+,10+,11-,12+,13-,14+/m1/s1. The molecule has 2 aliphatic rings. The third-order valence-electron chi connectivity index (χ3n) is 5.33. The molecular weight excluding hydrogens is 280 g/mol. The van der Waals surface area contributed by atoms with Crippen LogP contribution in [0.25, 0.3) is 0 Å². The van der Waals surface area contributed by atoms with Crippen molar-refractivity contribution in [3.63, 3.8) is 0 Å². The van der Waals surface area contributed by atoms with Gasteiger partial charge in [-0.2, -0.15) is 0 Å². The second-order valence-electron chi connectivity index (χ2n) is 6.47. The van der Waals surface area contributed by atoms with Crippen molar-refractivity contribution in [2.75, 3.05) is 13.2 Å². The highest BCUT2D eigenvalue weighted by Gasteiger charge is 2.50. The smallest absolute Gasteiger partial charge is 0.106 e. The van der Waals surface area contributed by atoms with Crippen molar-refractivity contribution in [3.05, 3.63) is 0 Å². The molecule has 0 bridgehead atoms. The van der Waals surface area contributed by atoms with Crippen molar-refractivity contribution in [1.82, 2.24) is 0 Å². The van der Waals surface area contributed by atoms with Crippen molar-refractivity contribution in [1.29, 1.82) is 0 Å². The first kappa shape index (κ1) is 17.1. The quantitative estimate of drug-likeness (QED) is 0.304. The molecule has 21 heavy (non-hydrogen) atoms. The molecule has 124 valence electrons. The second-order valence-corrected chi connectivity index (χ2v) is 6.47. The fourth-order valence-electron chi connectivity index (χ4n) is 4.03. The zero-order valence-corrected chi connectivity index (χ0v) is 11.9. The van der Waals surface area contributed by atoms with Gasteiger partial charge >= 0.3 is 0 Å². The van der Waals surface area contributed by atoms with Gasteiger partial charge in [-0.05, 0) is 37.0 Å². The van der Waals surface area contributed by atoms with Crippen LogP contribution in [0.5, 0.6) is 0 Å². The predicted molar refractivity (Wildman–Crippen MR) is 72.0 cm³/mol. The highest BCUT2D eigenvalue weighted by Crippen LogP contribution is 2.43. The molecule has 9 atom stereocenters. The summed E-state index contributed by atoms with van der Waals surface area (Å²) in [6.07, 6.45) is -4.81. The Hall–Kier alpha value is -0.280. The van der Waals surface area contributed by atoms with E-state index in [0.29, 0.717) is 12.8 Å². The van der Waals surface area contributed by atoms with E-state index in [4.69, 9.17) is 0 Å². The first-order chi connectivity index (χ1) is 9.92. The highest BCUT2D eigenvalue weighted by atomic mass is 16.4. The van der Waals surface area contributed by atoms with Gasteiger partial charge in [0.25, 0.3) is 0 Å². The molecule has 0 aromatic heterocycles. The van der Waals surface area contributed by atoms with Crippen LogP contribution in [-0.2, 0) is 0 Å². The molecule has 2 aliphatic carbocycles. The highest BCUT2D eigenvalue weighted by molar-refractivity contribution is 5.00. The lowest BCUT2D eigenvalue weighted by atomic mass is 9.62. The molecule has 7 nitrogen and oxygen atoms in total. The van der Waals surface area contributed by atoms with E-state index >= 15 is 0 Å². The van der Waals surface area contributed by atoms with Crippen LogP contribution in [0.15, 0.2) is 0 Å². The maximum atomic E-state index is 10.2. The van der Waals surface area contributed by atoms with Gasteiger partial charge in [-0.25, -0.2) is 0 Å². The average Bonchev–Trinajstić information content (AvgIpc) is 2.48. The van der Waals surface area contributed by atoms with Crippen LogP contribution in [-0.4, -0.2) is 79.5 Å². The summed E-state index contributed by atoms with van der Waals surface area (Å²) in [5, 5.41) is 68.9. The molecular formula is C14H26O7. The van der Waals surface area contributed by atoms with Crippen LogP contribution < -0.4 is 0 Å². The molecule has 0 aromatic carbocycles. The first-order valence-electron chi connectivity index (χ1n) is 7.54. The zero-order valence-electron chi connectivity index (χ0n) is 11.9. The maximum Gasteiger partial charge on any atom is 0.106 e. The monoisotopic (exact) mass is 306 g/mol. The maximum absolute atomic E-state index is 10.2. The largest absolute Gasteiger partial charge is 0.396 e. The molecule has 0 amide bonds. The summed E-state index contributed by atoms with van der Waals surface area (Å²) in [4.78, 5) is 0. The van der Waals surface area contributed by atoms with E-state index in [0.717, 1.165) is 0 Å². The lowest BCUT2D eigenvalue weighted by Gasteiger charge is -2.48. The van der Waals surface area contributed by atoms with E-state index in [1.807, 2.05) is 0 Å². The number of hydrogen-bond acceptors (Lipinski definition) is 7. The summed E-state index contributed by atoms with van der Waals surface area (Å²) in [5.41, 5.74) is 0. The van der Waals surface area contributed by atoms with Gasteiger partial charge in [0, 0.05) is 19.1 Å². The molecule has 0 radical (unpaired) electrons. The van der Waals surface area contributed by atoms with Gasteiger partial charge in [-0.15, -0.1) is 0 Å². The SMILES string of the molecule is OC[C@H]1CC([C@@H]2[C@@H](CO)CC[C@H](O)[C@H]2O)[C@H](O)[C@@H](O)[C@@H]1O. The molecule has 2 fully saturated rings. The Balaban J connectivity index is 2.23. The lowest BCUT2D eigenvalue weighted by Crippen LogP contribution is -2.58. The minimum absolute atomic E-state index is 0.180. The number of hydrogen-bond donors (Lipinski definition) is 7. The van der Waals surface area contributed by atoms with E-state index < -0.39 is 48.3 Å². The fraction of sp³-hybridized carbons (Fsp3) is 1.00. The summed E-state index contributed by atoms with van der Waals surface area (Å²) in [7, 11) is 0. The summed E-state index contributed by atoms with van der Waals surface area (Å²) in [5.74, 6) is -2.06. The van der Waals surface area contributed by atoms with Crippen LogP contribution in [0.4, 0.5) is 0 Å². The first-order valence-corrected chi connectivity index (χ1v) is 7.54. The van der Waals surface area contributed by atoms with Gasteiger partial charge in [0.2, 0.25) is 0 Å². The molecule has 0 heterocycles. The number of rotatable bonds is 3. The van der Waals surface area contributed by atoms with Crippen molar-refractivity contribution in [2.45, 2.75) is 49.8 Å². The van der Waals surface area contributed by atoms with Gasteiger partial charge in [0.1, 0.15) is 6.10 Å². The Bertz CT molecular complexity index is 335. The Morgan fingerprint density at radius 2 is 1.29 bits per heavy atom. The number of aliphatic hydroxyl groups is 7. The van der Waals surface area contributed by atoms with Crippen molar-refractivity contribution >= 4 is 0 Å². The molecule has 0 saturated heterocycles. The topological polar surface area (TPSA) is 142 Å². The van der Waals surface area contributed by atoms with Crippen molar-refractivity contribution in [3.8, 4) is 0 Å². The van der Waals surface area contributed by atoms with Crippen LogP contribution in [0, 0.1) is 23.7 Å². The van der Waals surface area contributed by atoms with Crippen molar-refractivity contribution < 1.29 is 35.7 Å². The van der Waals surface area contributed by atoms with Gasteiger partial charge in [-0.3, -0.25) is 0 Å². The fourth-order valence-corrected chi connectivity index (χ4v) is 4.03. The van der Waals surface area contributed by atoms with E-state index in [2.05, 4.69) is 0 Å². The summed E-state index contributed by atoms with van der Waals surface area (Å²) < 4.78 is 0. The molecule has 1 unspecified atom stereocenters. The Morgan fingerprint density at radius 3 is 1.86 bits per heavy atom. The minimum atomic E-state index is -1.41. The third kappa shape index (κ3) is 3.10. The minimum Gasteiger partial charge on any atom is -0.396 e. The van der Waals surface area contributed by atoms with Gasteiger partial charge < -0.3 is 35.7 Å². The normalized spacial score (nSPS) is 51.9. The lowest BCUT2D eigenvalue weighted by molar-refractivity contribution is -0.183. The van der Waals surface area contributed by atoms with Gasteiger partial charge in [-0.1, -0.05) is 0 Å². The summed E-state index contributed by atoms with van der Waals surface area (Å²) in [6.45, 7) is -0.517. The molecule has 7 heteroatoms. The molecule has 0 aliphatic heterocycles. The Labute approximate surface area is 123 Å². The predicted octanol–water partition coefficient (Wildman–Crippen LogP) is -2.56. The van der Waals surface area contributed by atoms with E-state index in [1.165, 1.54) is 0 Å². The number of aliphatic hydroxyl groups excluding tert-OH is 7. The Morgan fingerprint density at radius 1 is 0.667 bits per heavy atom. The van der Waals surface area contributed by atoms with E-state index in [9.17, 15) is 35.7 Å². The average molecular weight is 306 g/mol. The summed E-state index contributed by atoms with van der Waals surface area (Å²) >= 11 is 0. The van der Waals surface area contributed by atoms with Crippen molar-refractivity contribution in [2.24, 2.45) is 23.7 Å². The molecule has 2 rings (SSSR count). The van der Waals surface area contributed by atoms with E-state index in [-0.39, 0.29) is 25.6 Å². The van der Waals surface area contributed by atoms with Gasteiger partial charge in [0.15, 0.2) is 0 Å². The third-order valence-corrected chi connectivity index (χ3v) is 5.33. The zero-order chi connectivity index (χ0) is 15.7. The van der Waals surface area contributed by atoms with E-state index in [1.54, 1.807) is 0 Å². The van der Waals surface area contributed by atoms with Crippen LogP contribution in [0.2, 0.25) is 0 Å². The Kier molecular flexibility index (Phi) is 5.59. The second kappa shape index (κ2) is 6.87. The van der Waals surface area contributed by atoms with Crippen LogP contribution in [0.1, 0.15) is 19.3 Å². The molecule has 7 N–H and O–H groups in total. The van der Waals surface area contributed by atoms with Gasteiger partial charge in [0.05, 0.1) is 24.4 Å².